The topological polar surface area (TPSA) is 66.8 Å². The number of carbonyl (C=O) groups excluding carboxylic acids is 1. The number of piperidine rings is 1. The zero-order valence-corrected chi connectivity index (χ0v) is 11.5. The Balaban J connectivity index is 1.80. The summed E-state index contributed by atoms with van der Waals surface area (Å²) >= 11 is 0. The van der Waals surface area contributed by atoms with E-state index in [-0.39, 0.29) is 18.4 Å². The number of ether oxygens (including phenoxy) is 1. The predicted molar refractivity (Wildman–Crippen MR) is 73.6 cm³/mol. The first-order valence-corrected chi connectivity index (χ1v) is 6.76. The van der Waals surface area contributed by atoms with E-state index in [0.29, 0.717) is 31.7 Å². The van der Waals surface area contributed by atoms with Gasteiger partial charge in [0.15, 0.2) is 6.61 Å². The Morgan fingerprint density at radius 2 is 2.05 bits per heavy atom. The van der Waals surface area contributed by atoms with Gasteiger partial charge in [0.05, 0.1) is 5.92 Å². The van der Waals surface area contributed by atoms with E-state index < -0.39 is 5.97 Å². The number of carboxylic acid groups (broad SMARTS) is 1. The molecule has 0 atom stereocenters. The molecule has 1 aromatic rings. The summed E-state index contributed by atoms with van der Waals surface area (Å²) in [4.78, 5) is 24.5. The molecule has 5 heteroatoms. The van der Waals surface area contributed by atoms with Crippen LogP contribution in [-0.4, -0.2) is 41.6 Å². The molecule has 0 unspecified atom stereocenters. The van der Waals surface area contributed by atoms with E-state index in [1.54, 1.807) is 4.90 Å². The van der Waals surface area contributed by atoms with E-state index in [2.05, 4.69) is 0 Å². The molecule has 2 rings (SSSR count). The lowest BCUT2D eigenvalue weighted by atomic mass is 9.97. The molecule has 1 N–H and O–H groups in total. The van der Waals surface area contributed by atoms with Crippen molar-refractivity contribution < 1.29 is 19.4 Å². The van der Waals surface area contributed by atoms with Crippen LogP contribution in [0.25, 0.3) is 0 Å². The standard InChI is InChI=1S/C15H19NO4/c1-11-3-2-4-13(9-11)20-10-14(17)16-7-5-12(6-8-16)15(18)19/h2-4,9,12H,5-8,10H2,1H3,(H,18,19). The number of nitrogens with zero attached hydrogens (tertiary/aromatic N) is 1. The molecule has 1 heterocycles. The van der Waals surface area contributed by atoms with Gasteiger partial charge < -0.3 is 14.7 Å². The molecule has 0 aromatic heterocycles. The number of hydrogen-bond donors (Lipinski definition) is 1. The highest BCUT2D eigenvalue weighted by molar-refractivity contribution is 5.78. The molecule has 1 aliphatic rings. The SMILES string of the molecule is Cc1cccc(OCC(=O)N2CCC(C(=O)O)CC2)c1. The molecule has 0 saturated carbocycles. The molecule has 1 saturated heterocycles. The highest BCUT2D eigenvalue weighted by atomic mass is 16.5. The van der Waals surface area contributed by atoms with Crippen molar-refractivity contribution in [3.05, 3.63) is 29.8 Å². The van der Waals surface area contributed by atoms with E-state index in [4.69, 9.17) is 9.84 Å². The summed E-state index contributed by atoms with van der Waals surface area (Å²) < 4.78 is 5.47. The van der Waals surface area contributed by atoms with Crippen LogP contribution in [0.3, 0.4) is 0 Å². The Morgan fingerprint density at radius 1 is 1.35 bits per heavy atom. The molecular formula is C15H19NO4. The van der Waals surface area contributed by atoms with Gasteiger partial charge in [0, 0.05) is 13.1 Å². The number of hydrogen-bond acceptors (Lipinski definition) is 3. The van der Waals surface area contributed by atoms with E-state index in [9.17, 15) is 9.59 Å². The quantitative estimate of drug-likeness (QED) is 0.909. The van der Waals surface area contributed by atoms with Crippen LogP contribution in [-0.2, 0) is 9.59 Å². The monoisotopic (exact) mass is 277 g/mol. The summed E-state index contributed by atoms with van der Waals surface area (Å²) in [5, 5.41) is 8.91. The Bertz CT molecular complexity index is 492. The maximum absolute atomic E-state index is 12.0. The van der Waals surface area contributed by atoms with Crippen LogP contribution in [0.4, 0.5) is 0 Å². The lowest BCUT2D eigenvalue weighted by Crippen LogP contribution is -2.42. The third kappa shape index (κ3) is 3.73. The van der Waals surface area contributed by atoms with Crippen molar-refractivity contribution in [2.75, 3.05) is 19.7 Å². The molecular weight excluding hydrogens is 258 g/mol. The van der Waals surface area contributed by atoms with Crippen LogP contribution in [0.5, 0.6) is 5.75 Å². The third-order valence-electron chi connectivity index (χ3n) is 3.55. The molecule has 1 fully saturated rings. The van der Waals surface area contributed by atoms with Crippen molar-refractivity contribution >= 4 is 11.9 Å². The summed E-state index contributed by atoms with van der Waals surface area (Å²) in [5.41, 5.74) is 1.08. The fraction of sp³-hybridized carbons (Fsp3) is 0.467. The van der Waals surface area contributed by atoms with Gasteiger partial charge in [-0.3, -0.25) is 9.59 Å². The summed E-state index contributed by atoms with van der Waals surface area (Å²) in [6.45, 7) is 2.95. The summed E-state index contributed by atoms with van der Waals surface area (Å²) in [6, 6.07) is 7.54. The fourth-order valence-electron chi connectivity index (χ4n) is 2.32. The second-order valence-electron chi connectivity index (χ2n) is 5.10. The van der Waals surface area contributed by atoms with Gasteiger partial charge in [-0.15, -0.1) is 0 Å². The number of carboxylic acids is 1. The first kappa shape index (κ1) is 14.4. The lowest BCUT2D eigenvalue weighted by molar-refractivity contribution is -0.146. The number of rotatable bonds is 4. The Hall–Kier alpha value is -2.04. The maximum atomic E-state index is 12.0. The first-order chi connectivity index (χ1) is 9.56. The molecule has 1 amide bonds. The van der Waals surface area contributed by atoms with Gasteiger partial charge in [-0.2, -0.15) is 0 Å². The smallest absolute Gasteiger partial charge is 0.306 e. The lowest BCUT2D eigenvalue weighted by Gasteiger charge is -2.30. The number of likely N-dealkylation sites (tertiary alicyclic amines) is 1. The largest absolute Gasteiger partial charge is 0.484 e. The third-order valence-corrected chi connectivity index (χ3v) is 3.55. The second kappa shape index (κ2) is 6.41. The summed E-state index contributed by atoms with van der Waals surface area (Å²) in [5.74, 6) is -0.501. The Kier molecular flexibility index (Phi) is 4.61. The maximum Gasteiger partial charge on any atom is 0.306 e. The minimum absolute atomic E-state index is 0.00118. The van der Waals surface area contributed by atoms with E-state index in [1.165, 1.54) is 0 Å². The van der Waals surface area contributed by atoms with Crippen molar-refractivity contribution in [3.63, 3.8) is 0 Å². The van der Waals surface area contributed by atoms with E-state index >= 15 is 0 Å². The van der Waals surface area contributed by atoms with Crippen molar-refractivity contribution in [1.82, 2.24) is 4.90 Å². The molecule has 20 heavy (non-hydrogen) atoms. The van der Waals surface area contributed by atoms with Gasteiger partial charge in [0.25, 0.3) is 5.91 Å². The van der Waals surface area contributed by atoms with Gasteiger partial charge in [0.1, 0.15) is 5.75 Å². The molecule has 1 aliphatic heterocycles. The van der Waals surface area contributed by atoms with Crippen LogP contribution in [0.2, 0.25) is 0 Å². The molecule has 0 radical (unpaired) electrons. The van der Waals surface area contributed by atoms with Crippen LogP contribution < -0.4 is 4.74 Å². The van der Waals surface area contributed by atoms with Crippen LogP contribution >= 0.6 is 0 Å². The van der Waals surface area contributed by atoms with Gasteiger partial charge in [-0.05, 0) is 37.5 Å². The molecule has 1 aromatic carbocycles. The first-order valence-electron chi connectivity index (χ1n) is 6.76. The molecule has 0 aliphatic carbocycles. The van der Waals surface area contributed by atoms with Crippen LogP contribution in [0.15, 0.2) is 24.3 Å². The van der Waals surface area contributed by atoms with Crippen molar-refractivity contribution in [2.24, 2.45) is 5.92 Å². The number of carbonyl (C=O) groups is 2. The molecule has 0 spiro atoms. The second-order valence-corrected chi connectivity index (χ2v) is 5.10. The number of amides is 1. The number of aliphatic carboxylic acids is 1. The highest BCUT2D eigenvalue weighted by Crippen LogP contribution is 2.18. The van der Waals surface area contributed by atoms with Crippen molar-refractivity contribution in [1.29, 1.82) is 0 Å². The van der Waals surface area contributed by atoms with Crippen molar-refractivity contribution in [2.45, 2.75) is 19.8 Å². The Morgan fingerprint density at radius 3 is 2.65 bits per heavy atom. The molecule has 108 valence electrons. The zero-order valence-electron chi connectivity index (χ0n) is 11.5. The van der Waals surface area contributed by atoms with E-state index in [0.717, 1.165) is 5.56 Å². The van der Waals surface area contributed by atoms with Gasteiger partial charge in [-0.25, -0.2) is 0 Å². The summed E-state index contributed by atoms with van der Waals surface area (Å²) in [6.07, 6.45) is 1.04. The average Bonchev–Trinajstić information content (AvgIpc) is 2.45. The zero-order chi connectivity index (χ0) is 14.5. The van der Waals surface area contributed by atoms with Crippen molar-refractivity contribution in [3.8, 4) is 5.75 Å². The number of aryl methyl sites for hydroxylation is 1. The number of benzene rings is 1. The minimum Gasteiger partial charge on any atom is -0.484 e. The fourth-order valence-corrected chi connectivity index (χ4v) is 2.32. The van der Waals surface area contributed by atoms with Gasteiger partial charge in [-0.1, -0.05) is 12.1 Å². The average molecular weight is 277 g/mol. The molecule has 0 bridgehead atoms. The minimum atomic E-state index is -0.770. The van der Waals surface area contributed by atoms with E-state index in [1.807, 2.05) is 31.2 Å². The summed E-state index contributed by atoms with van der Waals surface area (Å²) in [7, 11) is 0. The van der Waals surface area contributed by atoms with Gasteiger partial charge >= 0.3 is 5.97 Å². The predicted octanol–water partition coefficient (Wildman–Crippen LogP) is 1.70. The normalized spacial score (nSPS) is 15.9. The van der Waals surface area contributed by atoms with Gasteiger partial charge in [0.2, 0.25) is 0 Å². The van der Waals surface area contributed by atoms with Crippen LogP contribution in [0.1, 0.15) is 18.4 Å². The Labute approximate surface area is 118 Å². The molecule has 5 nitrogen and oxygen atoms in total. The van der Waals surface area contributed by atoms with Crippen LogP contribution in [0, 0.1) is 12.8 Å². The highest BCUT2D eigenvalue weighted by Gasteiger charge is 2.26.